The molecule has 2 heterocycles. The van der Waals surface area contributed by atoms with Crippen LogP contribution in [-0.2, 0) is 6.42 Å². The van der Waals surface area contributed by atoms with Gasteiger partial charge in [-0.3, -0.25) is 5.43 Å². The Morgan fingerprint density at radius 2 is 2.07 bits per heavy atom. The number of rotatable bonds is 5. The summed E-state index contributed by atoms with van der Waals surface area (Å²) in [6, 6.07) is 10.1. The van der Waals surface area contributed by atoms with Gasteiger partial charge in [-0.05, 0) is 40.3 Å². The Kier molecular flexibility index (Phi) is 4.48. The first kappa shape index (κ1) is 17.1. The Balaban J connectivity index is 1.75. The fourth-order valence-corrected chi connectivity index (χ4v) is 3.80. The van der Waals surface area contributed by atoms with E-state index in [-0.39, 0.29) is 0 Å². The molecule has 0 bridgehead atoms. The molecule has 0 radical (unpaired) electrons. The van der Waals surface area contributed by atoms with E-state index in [4.69, 9.17) is 9.47 Å². The maximum Gasteiger partial charge on any atom is 0.164 e. The van der Waals surface area contributed by atoms with Crippen molar-refractivity contribution >= 4 is 23.4 Å². The van der Waals surface area contributed by atoms with Crippen LogP contribution in [0.2, 0.25) is 0 Å². The largest absolute Gasteiger partial charge is 0.493 e. The molecule has 3 aromatic rings. The molecule has 1 aromatic carbocycles. The number of hydrogen-bond acceptors (Lipinski definition) is 7. The summed E-state index contributed by atoms with van der Waals surface area (Å²) >= 11 is 1.59. The third-order valence-electron chi connectivity index (χ3n) is 4.43. The Morgan fingerprint density at radius 1 is 1.26 bits per heavy atom. The molecule has 1 N–H and O–H groups in total. The van der Waals surface area contributed by atoms with Crippen LogP contribution < -0.4 is 14.9 Å². The quantitative estimate of drug-likeness (QED) is 0.420. The molecule has 0 saturated heterocycles. The highest BCUT2D eigenvalue weighted by molar-refractivity contribution is 7.11. The van der Waals surface area contributed by atoms with Crippen molar-refractivity contribution in [2.75, 3.05) is 19.6 Å². The summed E-state index contributed by atoms with van der Waals surface area (Å²) in [6.07, 6.45) is 4.20. The molecule has 0 spiro atoms. The average Bonchev–Trinajstić information content (AvgIpc) is 3.33. The van der Waals surface area contributed by atoms with Gasteiger partial charge >= 0.3 is 0 Å². The third-order valence-corrected chi connectivity index (χ3v) is 5.24. The molecular formula is C20H16N4O2S. The van der Waals surface area contributed by atoms with Crippen molar-refractivity contribution in [3.63, 3.8) is 0 Å². The second-order valence-corrected chi connectivity index (χ2v) is 6.90. The van der Waals surface area contributed by atoms with Gasteiger partial charge < -0.3 is 9.47 Å². The SMILES string of the molecule is COc1cc2c(cc1OC)-c1c(cnc(N/N=C\c3cccs3)c1C#N)C2. The lowest BCUT2D eigenvalue weighted by molar-refractivity contribution is 0.355. The van der Waals surface area contributed by atoms with Crippen LogP contribution in [0.3, 0.4) is 0 Å². The van der Waals surface area contributed by atoms with E-state index in [1.165, 1.54) is 0 Å². The number of anilines is 1. The average molecular weight is 376 g/mol. The van der Waals surface area contributed by atoms with Crippen LogP contribution in [0.25, 0.3) is 11.1 Å². The maximum absolute atomic E-state index is 9.78. The summed E-state index contributed by atoms with van der Waals surface area (Å²) in [5.74, 6) is 1.75. The molecule has 0 unspecified atom stereocenters. The summed E-state index contributed by atoms with van der Waals surface area (Å²) in [4.78, 5) is 5.42. The van der Waals surface area contributed by atoms with E-state index in [0.717, 1.165) is 27.1 Å². The number of thiophene rings is 1. The van der Waals surface area contributed by atoms with E-state index in [2.05, 4.69) is 21.6 Å². The lowest BCUT2D eigenvalue weighted by atomic mass is 10.0. The Morgan fingerprint density at radius 3 is 2.78 bits per heavy atom. The van der Waals surface area contributed by atoms with Crippen LogP contribution in [0, 0.1) is 11.3 Å². The van der Waals surface area contributed by atoms with Gasteiger partial charge in [0.2, 0.25) is 0 Å². The second-order valence-electron chi connectivity index (χ2n) is 5.92. The van der Waals surface area contributed by atoms with Crippen LogP contribution in [0.1, 0.15) is 21.6 Å². The zero-order valence-corrected chi connectivity index (χ0v) is 15.6. The number of pyridine rings is 1. The van der Waals surface area contributed by atoms with Crippen molar-refractivity contribution in [3.05, 3.63) is 57.4 Å². The first-order valence-electron chi connectivity index (χ1n) is 8.25. The standard InChI is InChI=1S/C20H16N4O2S/c1-25-17-7-12-6-13-10-22-20(24-23-11-14-4-3-5-27-14)16(9-21)19(13)15(12)8-18(17)26-2/h3-5,7-8,10-11H,6H2,1-2H3,(H,22,24)/b23-11-. The van der Waals surface area contributed by atoms with Crippen molar-refractivity contribution in [3.8, 4) is 28.7 Å². The lowest BCUT2D eigenvalue weighted by Crippen LogP contribution is -1.99. The highest BCUT2D eigenvalue weighted by Crippen LogP contribution is 2.45. The van der Waals surface area contributed by atoms with Gasteiger partial charge in [0.25, 0.3) is 0 Å². The van der Waals surface area contributed by atoms with E-state index in [1.807, 2.05) is 29.6 Å². The molecule has 7 heteroatoms. The predicted molar refractivity (Wildman–Crippen MR) is 106 cm³/mol. The number of nitrogens with one attached hydrogen (secondary N) is 1. The monoisotopic (exact) mass is 376 g/mol. The Bertz CT molecular complexity index is 1070. The molecular weight excluding hydrogens is 360 g/mol. The van der Waals surface area contributed by atoms with Gasteiger partial charge in [-0.1, -0.05) is 6.07 Å². The van der Waals surface area contributed by atoms with E-state index < -0.39 is 0 Å². The normalized spacial score (nSPS) is 11.7. The van der Waals surface area contributed by atoms with Gasteiger partial charge in [-0.25, -0.2) is 4.98 Å². The first-order valence-corrected chi connectivity index (χ1v) is 9.13. The van der Waals surface area contributed by atoms with E-state index >= 15 is 0 Å². The maximum atomic E-state index is 9.78. The number of hydrogen-bond donors (Lipinski definition) is 1. The number of methoxy groups -OCH3 is 2. The van der Waals surface area contributed by atoms with Crippen LogP contribution in [0.15, 0.2) is 40.9 Å². The Hall–Kier alpha value is -3.37. The van der Waals surface area contributed by atoms with Crippen molar-refractivity contribution in [1.29, 1.82) is 5.26 Å². The molecule has 0 atom stereocenters. The molecule has 0 saturated carbocycles. The van der Waals surface area contributed by atoms with Gasteiger partial charge in [0.15, 0.2) is 17.3 Å². The molecule has 0 fully saturated rings. The van der Waals surface area contributed by atoms with E-state index in [1.54, 1.807) is 38.0 Å². The lowest BCUT2D eigenvalue weighted by Gasteiger charge is -2.11. The van der Waals surface area contributed by atoms with Crippen LogP contribution in [-0.4, -0.2) is 25.4 Å². The van der Waals surface area contributed by atoms with Gasteiger partial charge in [0.05, 0.1) is 20.4 Å². The number of ether oxygens (including phenoxy) is 2. The van der Waals surface area contributed by atoms with Crippen molar-refractivity contribution < 1.29 is 9.47 Å². The number of nitriles is 1. The molecule has 1 aliphatic carbocycles. The van der Waals surface area contributed by atoms with Crippen molar-refractivity contribution in [2.24, 2.45) is 5.10 Å². The fourth-order valence-electron chi connectivity index (χ4n) is 3.21. The topological polar surface area (TPSA) is 79.5 Å². The number of hydrazone groups is 1. The molecule has 1 aliphatic rings. The first-order chi connectivity index (χ1) is 13.2. The van der Waals surface area contributed by atoms with Gasteiger partial charge in [-0.2, -0.15) is 10.4 Å². The number of aromatic nitrogens is 1. The molecule has 2 aromatic heterocycles. The fraction of sp³-hybridized carbons (Fsp3) is 0.150. The molecule has 6 nitrogen and oxygen atoms in total. The summed E-state index contributed by atoms with van der Waals surface area (Å²) in [5, 5.41) is 16.0. The van der Waals surface area contributed by atoms with Gasteiger partial charge in [0, 0.05) is 23.1 Å². The summed E-state index contributed by atoms with van der Waals surface area (Å²) in [5.41, 5.74) is 7.30. The zero-order valence-electron chi connectivity index (χ0n) is 14.8. The van der Waals surface area contributed by atoms with Gasteiger partial charge in [0.1, 0.15) is 11.6 Å². The minimum atomic E-state index is 0.437. The van der Waals surface area contributed by atoms with Crippen LogP contribution in [0.5, 0.6) is 11.5 Å². The number of benzene rings is 1. The van der Waals surface area contributed by atoms with E-state index in [0.29, 0.717) is 29.3 Å². The van der Waals surface area contributed by atoms with Gasteiger partial charge in [-0.15, -0.1) is 11.3 Å². The predicted octanol–water partition coefficient (Wildman–Crippen LogP) is 4.05. The minimum absolute atomic E-state index is 0.437. The number of fused-ring (bicyclic) bond motifs is 3. The van der Waals surface area contributed by atoms with Crippen LogP contribution >= 0.6 is 11.3 Å². The van der Waals surface area contributed by atoms with E-state index in [9.17, 15) is 5.26 Å². The van der Waals surface area contributed by atoms with Crippen LogP contribution in [0.4, 0.5) is 5.82 Å². The second kappa shape index (κ2) is 7.09. The number of nitrogens with zero attached hydrogens (tertiary/aromatic N) is 3. The Labute approximate surface area is 160 Å². The molecule has 27 heavy (non-hydrogen) atoms. The zero-order chi connectivity index (χ0) is 18.8. The molecule has 4 rings (SSSR count). The highest BCUT2D eigenvalue weighted by atomic mass is 32.1. The summed E-state index contributed by atoms with van der Waals surface area (Å²) in [6.45, 7) is 0. The smallest absolute Gasteiger partial charge is 0.164 e. The van der Waals surface area contributed by atoms with Crippen molar-refractivity contribution in [2.45, 2.75) is 6.42 Å². The summed E-state index contributed by atoms with van der Waals surface area (Å²) < 4.78 is 10.8. The van der Waals surface area contributed by atoms with Crippen molar-refractivity contribution in [1.82, 2.24) is 4.98 Å². The highest BCUT2D eigenvalue weighted by Gasteiger charge is 2.26. The summed E-state index contributed by atoms with van der Waals surface area (Å²) in [7, 11) is 3.21. The molecule has 0 aliphatic heterocycles. The molecule has 134 valence electrons. The third kappa shape index (κ3) is 3.00. The molecule has 0 amide bonds. The minimum Gasteiger partial charge on any atom is -0.493 e.